The fourth-order valence-corrected chi connectivity index (χ4v) is 1.94. The van der Waals surface area contributed by atoms with Gasteiger partial charge in [-0.3, -0.25) is 9.59 Å². The van der Waals surface area contributed by atoms with E-state index in [-0.39, 0.29) is 6.42 Å². The van der Waals surface area contributed by atoms with Crippen LogP contribution in [0.2, 0.25) is 0 Å². The van der Waals surface area contributed by atoms with Crippen LogP contribution in [0.4, 0.5) is 0 Å². The number of rotatable bonds is 4. The number of carbonyl (C=O) groups is 2. The number of benzene rings is 1. The molecule has 17 heavy (non-hydrogen) atoms. The third-order valence-corrected chi connectivity index (χ3v) is 3.00. The van der Waals surface area contributed by atoms with Gasteiger partial charge in [0.2, 0.25) is 0 Å². The summed E-state index contributed by atoms with van der Waals surface area (Å²) in [7, 11) is 0. The minimum absolute atomic E-state index is 0.0201. The molecule has 0 aliphatic carbocycles. The lowest BCUT2D eigenvalue weighted by Crippen LogP contribution is -2.09. The van der Waals surface area contributed by atoms with Crippen LogP contribution in [0.25, 0.3) is 0 Å². The maximum atomic E-state index is 11.3. The van der Waals surface area contributed by atoms with Crippen LogP contribution in [0.15, 0.2) is 16.6 Å². The smallest absolute Gasteiger partial charge is 0.310 e. The van der Waals surface area contributed by atoms with Crippen molar-refractivity contribution in [2.45, 2.75) is 13.3 Å². The molecule has 1 rings (SSSR count). The van der Waals surface area contributed by atoms with E-state index in [2.05, 4.69) is 15.9 Å². The lowest BCUT2D eigenvalue weighted by molar-refractivity contribution is -0.142. The lowest BCUT2D eigenvalue weighted by atomic mass is 10.0. The fourth-order valence-electron chi connectivity index (χ4n) is 1.37. The number of nitriles is 1. The topological polar surface area (TPSA) is 67.2 Å². The van der Waals surface area contributed by atoms with Gasteiger partial charge in [-0.1, -0.05) is 6.07 Å². The summed E-state index contributed by atoms with van der Waals surface area (Å²) in [6.07, 6.45) is 0.645. The molecule has 0 aliphatic heterocycles. The van der Waals surface area contributed by atoms with Crippen LogP contribution in [0.5, 0.6) is 0 Å². The first-order valence-corrected chi connectivity index (χ1v) is 5.75. The minimum Gasteiger partial charge on any atom is -0.466 e. The average molecular weight is 296 g/mol. The Labute approximate surface area is 107 Å². The second kappa shape index (κ2) is 6.16. The molecule has 0 amide bonds. The number of ether oxygens (including phenoxy) is 1. The van der Waals surface area contributed by atoms with Crippen molar-refractivity contribution in [2.24, 2.45) is 0 Å². The highest BCUT2D eigenvalue weighted by atomic mass is 79.9. The van der Waals surface area contributed by atoms with E-state index in [1.165, 1.54) is 0 Å². The van der Waals surface area contributed by atoms with Gasteiger partial charge in [0, 0.05) is 10.0 Å². The van der Waals surface area contributed by atoms with Crippen LogP contribution in [-0.4, -0.2) is 18.9 Å². The van der Waals surface area contributed by atoms with Gasteiger partial charge in [-0.2, -0.15) is 5.26 Å². The zero-order valence-electron chi connectivity index (χ0n) is 9.20. The summed E-state index contributed by atoms with van der Waals surface area (Å²) in [4.78, 5) is 22.3. The van der Waals surface area contributed by atoms with Gasteiger partial charge in [-0.05, 0) is 34.5 Å². The molecule has 0 bridgehead atoms. The largest absolute Gasteiger partial charge is 0.466 e. The van der Waals surface area contributed by atoms with Gasteiger partial charge in [-0.15, -0.1) is 0 Å². The van der Waals surface area contributed by atoms with Crippen LogP contribution in [0, 0.1) is 11.3 Å². The van der Waals surface area contributed by atoms with Crippen LogP contribution >= 0.6 is 15.9 Å². The summed E-state index contributed by atoms with van der Waals surface area (Å²) in [6, 6.07) is 5.10. The molecule has 4 nitrogen and oxygen atoms in total. The highest BCUT2D eigenvalue weighted by molar-refractivity contribution is 9.10. The zero-order chi connectivity index (χ0) is 12.8. The maximum Gasteiger partial charge on any atom is 0.310 e. The Morgan fingerprint density at radius 1 is 1.59 bits per heavy atom. The monoisotopic (exact) mass is 295 g/mol. The molecular weight excluding hydrogens is 286 g/mol. The number of nitrogens with zero attached hydrogens (tertiary/aromatic N) is 1. The van der Waals surface area contributed by atoms with E-state index in [9.17, 15) is 9.59 Å². The number of hydrogen-bond donors (Lipinski definition) is 0. The van der Waals surface area contributed by atoms with Crippen molar-refractivity contribution in [3.63, 3.8) is 0 Å². The molecule has 0 spiro atoms. The van der Waals surface area contributed by atoms with E-state index in [1.807, 2.05) is 6.07 Å². The lowest BCUT2D eigenvalue weighted by Gasteiger charge is -2.07. The first-order chi connectivity index (χ1) is 8.13. The normalized spacial score (nSPS) is 9.47. The molecule has 0 saturated heterocycles. The average Bonchev–Trinajstić information content (AvgIpc) is 2.30. The van der Waals surface area contributed by atoms with Crippen molar-refractivity contribution in [1.29, 1.82) is 5.26 Å². The minimum atomic E-state index is -0.396. The quantitative estimate of drug-likeness (QED) is 0.631. The Hall–Kier alpha value is -1.67. The van der Waals surface area contributed by atoms with Crippen LogP contribution in [0.3, 0.4) is 0 Å². The second-order valence-electron chi connectivity index (χ2n) is 3.21. The molecule has 0 unspecified atom stereocenters. The summed E-state index contributed by atoms with van der Waals surface area (Å²) >= 11 is 3.18. The molecule has 0 fully saturated rings. The van der Waals surface area contributed by atoms with Crippen molar-refractivity contribution in [3.05, 3.63) is 33.3 Å². The Balaban J connectivity index is 3.10. The molecule has 1 aromatic carbocycles. The van der Waals surface area contributed by atoms with Crippen LogP contribution < -0.4 is 0 Å². The summed E-state index contributed by atoms with van der Waals surface area (Å²) in [5, 5.41) is 8.81. The molecule has 5 heteroatoms. The highest BCUT2D eigenvalue weighted by Gasteiger charge is 2.13. The van der Waals surface area contributed by atoms with Gasteiger partial charge in [0.05, 0.1) is 18.6 Å². The van der Waals surface area contributed by atoms with Crippen LogP contribution in [0.1, 0.15) is 28.4 Å². The van der Waals surface area contributed by atoms with Gasteiger partial charge < -0.3 is 4.74 Å². The third-order valence-electron chi connectivity index (χ3n) is 2.15. The maximum absolute atomic E-state index is 11.3. The molecule has 0 atom stereocenters. The van der Waals surface area contributed by atoms with Gasteiger partial charge in [0.25, 0.3) is 0 Å². The second-order valence-corrected chi connectivity index (χ2v) is 4.00. The van der Waals surface area contributed by atoms with Gasteiger partial charge in [0.15, 0.2) is 6.29 Å². The first kappa shape index (κ1) is 13.4. The summed E-state index contributed by atoms with van der Waals surface area (Å²) in [5.74, 6) is -0.396. The molecule has 1 aromatic rings. The molecule has 0 radical (unpaired) electrons. The van der Waals surface area contributed by atoms with Crippen molar-refractivity contribution in [1.82, 2.24) is 0 Å². The van der Waals surface area contributed by atoms with Gasteiger partial charge in [0.1, 0.15) is 6.07 Å². The SMILES string of the molecule is CCOC(=O)Cc1ccc(C#N)c(Br)c1C=O. The number of aldehydes is 1. The van der Waals surface area contributed by atoms with E-state index < -0.39 is 5.97 Å². The number of halogens is 1. The summed E-state index contributed by atoms with van der Waals surface area (Å²) in [5.41, 5.74) is 1.22. The first-order valence-electron chi connectivity index (χ1n) is 4.96. The van der Waals surface area contributed by atoms with Crippen LogP contribution in [-0.2, 0) is 16.0 Å². The van der Waals surface area contributed by atoms with E-state index in [4.69, 9.17) is 10.00 Å². The molecule has 0 N–H and O–H groups in total. The fraction of sp³-hybridized carbons (Fsp3) is 0.250. The molecule has 0 heterocycles. The number of carbonyl (C=O) groups excluding carboxylic acids is 2. The highest BCUT2D eigenvalue weighted by Crippen LogP contribution is 2.24. The molecule has 0 aromatic heterocycles. The van der Waals surface area contributed by atoms with E-state index in [0.29, 0.717) is 34.1 Å². The van der Waals surface area contributed by atoms with E-state index >= 15 is 0 Å². The van der Waals surface area contributed by atoms with Crippen molar-refractivity contribution in [3.8, 4) is 6.07 Å². The third kappa shape index (κ3) is 3.14. The Bertz CT molecular complexity index is 491. The molecular formula is C12H10BrNO3. The summed E-state index contributed by atoms with van der Waals surface area (Å²) < 4.78 is 5.22. The zero-order valence-corrected chi connectivity index (χ0v) is 10.8. The predicted octanol–water partition coefficient (Wildman–Crippen LogP) is 2.24. The molecule has 88 valence electrons. The van der Waals surface area contributed by atoms with E-state index in [0.717, 1.165) is 0 Å². The van der Waals surface area contributed by atoms with Crippen molar-refractivity contribution >= 4 is 28.2 Å². The molecule has 0 aliphatic rings. The van der Waals surface area contributed by atoms with Crippen molar-refractivity contribution < 1.29 is 14.3 Å². The van der Waals surface area contributed by atoms with Gasteiger partial charge >= 0.3 is 5.97 Å². The number of hydrogen-bond acceptors (Lipinski definition) is 4. The summed E-state index contributed by atoms with van der Waals surface area (Å²) in [6.45, 7) is 2.01. The van der Waals surface area contributed by atoms with E-state index in [1.54, 1.807) is 19.1 Å². The Kier molecular flexibility index (Phi) is 4.85. The van der Waals surface area contributed by atoms with Gasteiger partial charge in [-0.25, -0.2) is 0 Å². The molecule has 0 saturated carbocycles. The standard InChI is InChI=1S/C12H10BrNO3/c1-2-17-11(16)5-8-3-4-9(6-14)12(13)10(8)7-15/h3-4,7H,2,5H2,1H3. The Morgan fingerprint density at radius 2 is 2.29 bits per heavy atom. The predicted molar refractivity (Wildman–Crippen MR) is 64.6 cm³/mol. The number of esters is 1. The Morgan fingerprint density at radius 3 is 2.82 bits per heavy atom. The van der Waals surface area contributed by atoms with Crippen molar-refractivity contribution in [2.75, 3.05) is 6.61 Å².